The van der Waals surface area contributed by atoms with Crippen LogP contribution in [-0.4, -0.2) is 23.9 Å². The summed E-state index contributed by atoms with van der Waals surface area (Å²) in [5, 5.41) is 3.75. The molecule has 11 heavy (non-hydrogen) atoms. The van der Waals surface area contributed by atoms with Gasteiger partial charge in [0, 0.05) is 13.5 Å². The zero-order valence-electron chi connectivity index (χ0n) is 6.83. The first-order valence-corrected chi connectivity index (χ1v) is 3.67. The number of aryl methyl sites for hydroxylation is 1. The minimum absolute atomic E-state index is 0.630. The van der Waals surface area contributed by atoms with Crippen molar-refractivity contribution in [1.82, 2.24) is 10.1 Å². The van der Waals surface area contributed by atoms with Crippen molar-refractivity contribution in [2.45, 2.75) is 19.8 Å². The standard InChI is InChI=1S/C7H12N2O2/c1-3-6-8-7(11-9-6)4-5-10-2/h3-5H2,1-2H3. The predicted molar refractivity (Wildman–Crippen MR) is 39.3 cm³/mol. The Morgan fingerprint density at radius 3 is 2.91 bits per heavy atom. The number of aromatic nitrogens is 2. The topological polar surface area (TPSA) is 48.2 Å². The van der Waals surface area contributed by atoms with Crippen LogP contribution in [0.25, 0.3) is 0 Å². The van der Waals surface area contributed by atoms with E-state index in [2.05, 4.69) is 10.1 Å². The van der Waals surface area contributed by atoms with Gasteiger partial charge in [0.05, 0.1) is 13.0 Å². The Hall–Kier alpha value is -0.900. The summed E-state index contributed by atoms with van der Waals surface area (Å²) in [7, 11) is 1.65. The molecule has 0 saturated carbocycles. The molecule has 0 saturated heterocycles. The van der Waals surface area contributed by atoms with Crippen LogP contribution in [0.1, 0.15) is 18.6 Å². The van der Waals surface area contributed by atoms with Crippen LogP contribution in [0.4, 0.5) is 0 Å². The van der Waals surface area contributed by atoms with Crippen LogP contribution < -0.4 is 0 Å². The molecule has 0 fully saturated rings. The predicted octanol–water partition coefficient (Wildman–Crippen LogP) is 0.821. The molecule has 1 aromatic heterocycles. The summed E-state index contributed by atoms with van der Waals surface area (Å²) in [6.07, 6.45) is 1.51. The van der Waals surface area contributed by atoms with Crippen molar-refractivity contribution in [3.8, 4) is 0 Å². The fourth-order valence-electron chi connectivity index (χ4n) is 0.725. The second-order valence-electron chi connectivity index (χ2n) is 2.20. The Morgan fingerprint density at radius 2 is 2.36 bits per heavy atom. The van der Waals surface area contributed by atoms with E-state index in [9.17, 15) is 0 Å². The van der Waals surface area contributed by atoms with Crippen LogP contribution >= 0.6 is 0 Å². The van der Waals surface area contributed by atoms with Crippen molar-refractivity contribution < 1.29 is 9.26 Å². The van der Waals surface area contributed by atoms with Crippen molar-refractivity contribution in [2.75, 3.05) is 13.7 Å². The normalized spacial score (nSPS) is 10.4. The maximum absolute atomic E-state index is 4.92. The van der Waals surface area contributed by atoms with Gasteiger partial charge >= 0.3 is 0 Å². The zero-order chi connectivity index (χ0) is 8.10. The van der Waals surface area contributed by atoms with E-state index in [0.29, 0.717) is 18.9 Å². The third-order valence-electron chi connectivity index (χ3n) is 1.35. The lowest BCUT2D eigenvalue weighted by atomic mass is 10.4. The van der Waals surface area contributed by atoms with Gasteiger partial charge < -0.3 is 9.26 Å². The van der Waals surface area contributed by atoms with Gasteiger partial charge in [-0.15, -0.1) is 0 Å². The first kappa shape index (κ1) is 8.20. The first-order chi connectivity index (χ1) is 5.36. The van der Waals surface area contributed by atoms with Crippen molar-refractivity contribution in [3.05, 3.63) is 11.7 Å². The van der Waals surface area contributed by atoms with Crippen molar-refractivity contribution in [3.63, 3.8) is 0 Å². The van der Waals surface area contributed by atoms with Gasteiger partial charge in [0.15, 0.2) is 5.82 Å². The van der Waals surface area contributed by atoms with Gasteiger partial charge in [0.25, 0.3) is 0 Å². The van der Waals surface area contributed by atoms with E-state index in [1.54, 1.807) is 7.11 Å². The number of ether oxygens (including phenoxy) is 1. The van der Waals surface area contributed by atoms with Gasteiger partial charge in [-0.05, 0) is 0 Å². The van der Waals surface area contributed by atoms with E-state index in [1.807, 2.05) is 6.92 Å². The van der Waals surface area contributed by atoms with E-state index >= 15 is 0 Å². The largest absolute Gasteiger partial charge is 0.384 e. The van der Waals surface area contributed by atoms with Crippen molar-refractivity contribution >= 4 is 0 Å². The highest BCUT2D eigenvalue weighted by molar-refractivity contribution is 4.85. The molecule has 0 amide bonds. The molecule has 1 heterocycles. The monoisotopic (exact) mass is 156 g/mol. The van der Waals surface area contributed by atoms with Gasteiger partial charge in [-0.1, -0.05) is 12.1 Å². The molecular weight excluding hydrogens is 144 g/mol. The summed E-state index contributed by atoms with van der Waals surface area (Å²) in [4.78, 5) is 4.11. The Bertz CT molecular complexity index is 210. The molecule has 4 nitrogen and oxygen atoms in total. The molecule has 0 aliphatic heterocycles. The molecule has 1 rings (SSSR count). The number of hydrogen-bond acceptors (Lipinski definition) is 4. The van der Waals surface area contributed by atoms with Crippen molar-refractivity contribution in [2.24, 2.45) is 0 Å². The molecule has 0 atom stereocenters. The van der Waals surface area contributed by atoms with Crippen LogP contribution in [0.15, 0.2) is 4.52 Å². The quantitative estimate of drug-likeness (QED) is 0.647. The maximum Gasteiger partial charge on any atom is 0.228 e. The average Bonchev–Trinajstić information content (AvgIpc) is 2.48. The summed E-state index contributed by atoms with van der Waals surface area (Å²) in [6.45, 7) is 2.62. The van der Waals surface area contributed by atoms with Gasteiger partial charge in [0.2, 0.25) is 5.89 Å². The molecule has 0 spiro atoms. The number of nitrogens with zero attached hydrogens (tertiary/aromatic N) is 2. The maximum atomic E-state index is 4.92. The van der Waals surface area contributed by atoms with Gasteiger partial charge in [-0.3, -0.25) is 0 Å². The minimum atomic E-state index is 0.630. The highest BCUT2D eigenvalue weighted by atomic mass is 16.5. The molecule has 0 aliphatic carbocycles. The molecule has 0 N–H and O–H groups in total. The van der Waals surface area contributed by atoms with E-state index in [4.69, 9.17) is 9.26 Å². The Balaban J connectivity index is 2.44. The molecule has 62 valence electrons. The lowest BCUT2D eigenvalue weighted by Crippen LogP contribution is -1.94. The Morgan fingerprint density at radius 1 is 1.55 bits per heavy atom. The number of rotatable bonds is 4. The lowest BCUT2D eigenvalue weighted by molar-refractivity contribution is 0.192. The molecular formula is C7H12N2O2. The van der Waals surface area contributed by atoms with Gasteiger partial charge in [-0.2, -0.15) is 4.98 Å². The molecule has 0 bridgehead atoms. The number of hydrogen-bond donors (Lipinski definition) is 0. The Kier molecular flexibility index (Phi) is 3.04. The van der Waals surface area contributed by atoms with Gasteiger partial charge in [-0.25, -0.2) is 0 Å². The summed E-state index contributed by atoms with van der Waals surface area (Å²) in [6, 6.07) is 0. The van der Waals surface area contributed by atoms with Crippen LogP contribution in [0.5, 0.6) is 0 Å². The molecule has 1 aromatic rings. The van der Waals surface area contributed by atoms with Crippen LogP contribution in [-0.2, 0) is 17.6 Å². The molecule has 0 radical (unpaired) electrons. The highest BCUT2D eigenvalue weighted by Gasteiger charge is 2.02. The molecule has 4 heteroatoms. The summed E-state index contributed by atoms with van der Waals surface area (Å²) in [5.74, 6) is 1.42. The fraction of sp³-hybridized carbons (Fsp3) is 0.714. The second kappa shape index (κ2) is 4.08. The minimum Gasteiger partial charge on any atom is -0.384 e. The second-order valence-corrected chi connectivity index (χ2v) is 2.20. The van der Waals surface area contributed by atoms with Gasteiger partial charge in [0.1, 0.15) is 0 Å². The summed E-state index contributed by atoms with van der Waals surface area (Å²) < 4.78 is 9.78. The smallest absolute Gasteiger partial charge is 0.228 e. The first-order valence-electron chi connectivity index (χ1n) is 3.67. The third kappa shape index (κ3) is 2.31. The molecule has 0 aliphatic rings. The van der Waals surface area contributed by atoms with Crippen LogP contribution in [0, 0.1) is 0 Å². The SMILES string of the molecule is CCc1noc(CCOC)n1. The Labute approximate surface area is 65.6 Å². The van der Waals surface area contributed by atoms with E-state index in [0.717, 1.165) is 12.2 Å². The third-order valence-corrected chi connectivity index (χ3v) is 1.35. The van der Waals surface area contributed by atoms with E-state index in [-0.39, 0.29) is 0 Å². The van der Waals surface area contributed by atoms with E-state index in [1.165, 1.54) is 0 Å². The molecule has 0 aromatic carbocycles. The lowest BCUT2D eigenvalue weighted by Gasteiger charge is -1.89. The summed E-state index contributed by atoms with van der Waals surface area (Å²) >= 11 is 0. The number of methoxy groups -OCH3 is 1. The highest BCUT2D eigenvalue weighted by Crippen LogP contribution is 1.98. The zero-order valence-corrected chi connectivity index (χ0v) is 6.83. The molecule has 0 unspecified atom stereocenters. The van der Waals surface area contributed by atoms with Crippen molar-refractivity contribution in [1.29, 1.82) is 0 Å². The average molecular weight is 156 g/mol. The summed E-state index contributed by atoms with van der Waals surface area (Å²) in [5.41, 5.74) is 0. The fourth-order valence-corrected chi connectivity index (χ4v) is 0.725. The van der Waals surface area contributed by atoms with E-state index < -0.39 is 0 Å². The van der Waals surface area contributed by atoms with Crippen LogP contribution in [0.3, 0.4) is 0 Å². The van der Waals surface area contributed by atoms with Crippen LogP contribution in [0.2, 0.25) is 0 Å².